The fourth-order valence-electron chi connectivity index (χ4n) is 15.1. The predicted octanol–water partition coefficient (Wildman–Crippen LogP) is 23.0. The number of aryl methyl sites for hydroxylation is 3. The third-order valence-electron chi connectivity index (χ3n) is 20.1. The van der Waals surface area contributed by atoms with Crippen molar-refractivity contribution in [3.05, 3.63) is 369 Å². The average molecular weight is 1300 g/mol. The molecule has 0 aliphatic heterocycles. The lowest BCUT2D eigenvalue weighted by atomic mass is 9.89. The van der Waals surface area contributed by atoms with E-state index in [1.165, 1.54) is 44.2 Å². The molecule has 0 unspecified atom stereocenters. The SMILES string of the molecule is Cc1ccc(-c2ccc3ccc4c(-c5ccc(P(=O)(c6ccccc6)c6ccccc6)cc5)c5ccc6ccccc6c5nc4c3c2)cc1-c1ccccc1CCc1cc(-c2cc(-c3ccc(-c4ccccc4)cc3)nc(-c3ccccc3)n2)cc(-n2c3ccccc3c3ccccc32)c1. The highest BCUT2D eigenvalue weighted by atomic mass is 31.2. The lowest BCUT2D eigenvalue weighted by molar-refractivity contribution is 0.592. The second-order valence-electron chi connectivity index (χ2n) is 26.1. The molecule has 0 saturated heterocycles. The minimum atomic E-state index is -3.21. The molecule has 15 aromatic carbocycles. The van der Waals surface area contributed by atoms with Gasteiger partial charge in [-0.2, -0.15) is 0 Å². The second kappa shape index (κ2) is 25.2. The number of fused-ring (bicyclic) bond motifs is 9. The van der Waals surface area contributed by atoms with Crippen molar-refractivity contribution in [2.24, 2.45) is 0 Å². The minimum Gasteiger partial charge on any atom is -0.309 e. The van der Waals surface area contributed by atoms with E-state index < -0.39 is 7.14 Å². The quantitative estimate of drug-likeness (QED) is 0.0618. The normalized spacial score (nSPS) is 11.8. The van der Waals surface area contributed by atoms with Crippen molar-refractivity contribution < 1.29 is 4.57 Å². The fraction of sp³-hybridized carbons (Fsp3) is 0.0319. The highest BCUT2D eigenvalue weighted by molar-refractivity contribution is 7.85. The molecule has 0 bridgehead atoms. The second-order valence-corrected chi connectivity index (χ2v) is 28.9. The van der Waals surface area contributed by atoms with E-state index in [2.05, 4.69) is 297 Å². The minimum absolute atomic E-state index is 0.678. The molecule has 472 valence electrons. The number of rotatable bonds is 14. The van der Waals surface area contributed by atoms with Gasteiger partial charge in [0.1, 0.15) is 0 Å². The Morgan fingerprint density at radius 2 is 0.800 bits per heavy atom. The molecule has 18 rings (SSSR count). The number of nitrogens with zero attached hydrogens (tertiary/aromatic N) is 4. The fourth-order valence-corrected chi connectivity index (χ4v) is 17.8. The molecule has 5 nitrogen and oxygen atoms in total. The van der Waals surface area contributed by atoms with Gasteiger partial charge in [-0.15, -0.1) is 0 Å². The summed E-state index contributed by atoms with van der Waals surface area (Å²) in [6.07, 6.45) is 1.58. The van der Waals surface area contributed by atoms with E-state index in [9.17, 15) is 0 Å². The molecule has 6 heteroatoms. The Bertz CT molecular complexity index is 6130. The van der Waals surface area contributed by atoms with Gasteiger partial charge in [0.05, 0.1) is 33.5 Å². The largest absolute Gasteiger partial charge is 0.309 e. The summed E-state index contributed by atoms with van der Waals surface area (Å²) in [5.41, 5.74) is 22.8. The number of para-hydroxylation sites is 2. The predicted molar refractivity (Wildman–Crippen MR) is 420 cm³/mol. The highest BCUT2D eigenvalue weighted by Crippen LogP contribution is 2.46. The van der Waals surface area contributed by atoms with Crippen LogP contribution in [0.5, 0.6) is 0 Å². The Morgan fingerprint density at radius 3 is 1.48 bits per heavy atom. The van der Waals surface area contributed by atoms with Crippen LogP contribution in [0.2, 0.25) is 0 Å². The summed E-state index contributed by atoms with van der Waals surface area (Å²) in [5, 5.41) is 11.4. The van der Waals surface area contributed by atoms with Crippen molar-refractivity contribution in [1.29, 1.82) is 0 Å². The molecule has 0 spiro atoms. The van der Waals surface area contributed by atoms with Gasteiger partial charge in [-0.3, -0.25) is 0 Å². The van der Waals surface area contributed by atoms with E-state index in [0.29, 0.717) is 5.82 Å². The maximum Gasteiger partial charge on any atom is 0.171 e. The standard InChI is InChI=1S/C94H65N4OP/c1-62-38-40-72(73-47-44-68-51-55-84-91(83-54-50-67-25-15-17-33-80(67)92(83)97-93(84)86(68)60-73)70-48-52-78(53-49-70)100(99,76-28-10-4-11-29-76)77-30-12-5-13-31-77)59-85(62)79-32-16-14-24-66(79)41-39-63-56-74(58-75(57-63)98-89-36-20-18-34-81(89)82-35-19-21-37-90(82)98)88-61-87(95-94(96-88)71-26-8-3-9-27-71)69-45-42-65(43-46-69)64-22-6-2-7-23-64/h2-38,40,42-61H,39,41H2,1H3. The molecule has 0 radical (unpaired) electrons. The van der Waals surface area contributed by atoms with Crippen molar-refractivity contribution in [1.82, 2.24) is 19.5 Å². The van der Waals surface area contributed by atoms with Crippen molar-refractivity contribution in [3.8, 4) is 84.1 Å². The Kier molecular flexibility index (Phi) is 15.1. The Hall–Kier alpha value is -12.4. The van der Waals surface area contributed by atoms with E-state index in [-0.39, 0.29) is 0 Å². The zero-order chi connectivity index (χ0) is 66.7. The van der Waals surface area contributed by atoms with Gasteiger partial charge in [-0.1, -0.05) is 303 Å². The summed E-state index contributed by atoms with van der Waals surface area (Å²) in [6.45, 7) is 2.23. The number of hydrogen-bond donors (Lipinski definition) is 0. The molecule has 18 aromatic rings. The van der Waals surface area contributed by atoms with Crippen LogP contribution >= 0.6 is 7.14 Å². The van der Waals surface area contributed by atoms with E-state index >= 15 is 4.57 Å². The average Bonchev–Trinajstić information content (AvgIpc) is 0.851. The molecule has 0 saturated carbocycles. The maximum atomic E-state index is 15.6. The third kappa shape index (κ3) is 10.8. The van der Waals surface area contributed by atoms with Crippen LogP contribution in [0.15, 0.2) is 352 Å². The number of aromatic nitrogens is 4. The number of hydrogen-bond acceptors (Lipinski definition) is 4. The highest BCUT2D eigenvalue weighted by Gasteiger charge is 2.30. The van der Waals surface area contributed by atoms with E-state index in [4.69, 9.17) is 15.0 Å². The number of benzene rings is 15. The smallest absolute Gasteiger partial charge is 0.171 e. The van der Waals surface area contributed by atoms with Crippen molar-refractivity contribution in [2.45, 2.75) is 19.8 Å². The van der Waals surface area contributed by atoms with Crippen LogP contribution in [0.25, 0.3) is 149 Å². The van der Waals surface area contributed by atoms with Crippen LogP contribution in [0.3, 0.4) is 0 Å². The Morgan fingerprint density at radius 1 is 0.310 bits per heavy atom. The van der Waals surface area contributed by atoms with Gasteiger partial charge in [0.25, 0.3) is 0 Å². The molecular formula is C94H65N4OP. The van der Waals surface area contributed by atoms with E-state index in [0.717, 1.165) is 145 Å². The van der Waals surface area contributed by atoms with Gasteiger partial charge >= 0.3 is 0 Å². The summed E-state index contributed by atoms with van der Waals surface area (Å²) < 4.78 is 18.0. The molecule has 0 atom stereocenters. The first-order valence-corrected chi connectivity index (χ1v) is 36.0. The van der Waals surface area contributed by atoms with Gasteiger partial charge in [0.15, 0.2) is 13.0 Å². The molecule has 100 heavy (non-hydrogen) atoms. The molecule has 0 aliphatic rings. The van der Waals surface area contributed by atoms with E-state index in [1.807, 2.05) is 66.7 Å². The molecule has 3 aromatic heterocycles. The monoisotopic (exact) mass is 1300 g/mol. The van der Waals surface area contributed by atoms with Gasteiger partial charge in [-0.05, 0) is 135 Å². The third-order valence-corrected chi connectivity index (χ3v) is 23.2. The summed E-state index contributed by atoms with van der Waals surface area (Å²) >= 11 is 0. The zero-order valence-corrected chi connectivity index (χ0v) is 55.9. The lowest BCUT2D eigenvalue weighted by Gasteiger charge is -2.21. The van der Waals surface area contributed by atoms with Gasteiger partial charge in [-0.25, -0.2) is 15.0 Å². The Balaban J connectivity index is 0.730. The van der Waals surface area contributed by atoms with Crippen molar-refractivity contribution in [3.63, 3.8) is 0 Å². The van der Waals surface area contributed by atoms with Crippen LogP contribution < -0.4 is 15.9 Å². The van der Waals surface area contributed by atoms with Gasteiger partial charge in [0.2, 0.25) is 0 Å². The van der Waals surface area contributed by atoms with Crippen molar-refractivity contribution in [2.75, 3.05) is 0 Å². The number of pyridine rings is 1. The lowest BCUT2D eigenvalue weighted by Crippen LogP contribution is -2.24. The first-order valence-electron chi connectivity index (χ1n) is 34.3. The van der Waals surface area contributed by atoms with Crippen LogP contribution in [0.4, 0.5) is 0 Å². The summed E-state index contributed by atoms with van der Waals surface area (Å²) in [4.78, 5) is 16.4. The van der Waals surface area contributed by atoms with Gasteiger partial charge in [0, 0.05) is 76.2 Å². The Labute approximate surface area is 581 Å². The van der Waals surface area contributed by atoms with E-state index in [1.54, 1.807) is 0 Å². The van der Waals surface area contributed by atoms with Crippen LogP contribution in [-0.4, -0.2) is 19.5 Å². The summed E-state index contributed by atoms with van der Waals surface area (Å²) in [6, 6.07) is 125. The van der Waals surface area contributed by atoms with Crippen LogP contribution in [-0.2, 0) is 17.4 Å². The topological polar surface area (TPSA) is 60.7 Å². The van der Waals surface area contributed by atoms with Crippen LogP contribution in [0, 0.1) is 6.92 Å². The van der Waals surface area contributed by atoms with Crippen LogP contribution in [0.1, 0.15) is 16.7 Å². The zero-order valence-electron chi connectivity index (χ0n) is 55.0. The molecule has 0 fully saturated rings. The molecular weight excluding hydrogens is 1230 g/mol. The molecule has 0 N–H and O–H groups in total. The first-order chi connectivity index (χ1) is 49.3. The summed E-state index contributed by atoms with van der Waals surface area (Å²) in [5.74, 6) is 0.678. The van der Waals surface area contributed by atoms with Gasteiger partial charge < -0.3 is 9.13 Å². The summed E-state index contributed by atoms with van der Waals surface area (Å²) in [7, 11) is -3.21. The van der Waals surface area contributed by atoms with Crippen molar-refractivity contribution >= 4 is 88.2 Å². The maximum absolute atomic E-state index is 15.6. The first kappa shape index (κ1) is 60.0. The molecule has 0 amide bonds. The molecule has 0 aliphatic carbocycles. The molecule has 3 heterocycles.